The van der Waals surface area contributed by atoms with E-state index in [1.54, 1.807) is 6.07 Å². The highest BCUT2D eigenvalue weighted by Gasteiger charge is 2.41. The third-order valence-electron chi connectivity index (χ3n) is 7.27. The van der Waals surface area contributed by atoms with Crippen molar-refractivity contribution < 1.29 is 23.4 Å². The Labute approximate surface area is 210 Å². The summed E-state index contributed by atoms with van der Waals surface area (Å²) in [6, 6.07) is 19.1. The second-order valence-corrected chi connectivity index (χ2v) is 9.66. The molecule has 0 saturated carbocycles. The molecule has 2 heterocycles. The lowest BCUT2D eigenvalue weighted by Crippen LogP contribution is -2.51. The summed E-state index contributed by atoms with van der Waals surface area (Å²) in [5.41, 5.74) is 10.9. The molecule has 0 bridgehead atoms. The average Bonchev–Trinajstić information content (AvgIpc) is 2.91. The van der Waals surface area contributed by atoms with Crippen molar-refractivity contribution in [2.75, 3.05) is 31.2 Å². The van der Waals surface area contributed by atoms with E-state index in [-0.39, 0.29) is 24.4 Å². The Hall–Kier alpha value is -3.42. The highest BCUT2D eigenvalue weighted by Crippen LogP contribution is 2.41. The van der Waals surface area contributed by atoms with Gasteiger partial charge in [0, 0.05) is 36.2 Å². The molecule has 0 aromatic heterocycles. The zero-order chi connectivity index (χ0) is 25.0. The number of carbonyl (C=O) groups is 1. The fourth-order valence-corrected chi connectivity index (χ4v) is 4.99. The minimum Gasteiger partial charge on any atom is -0.488 e. The molecule has 0 atom stereocenters. The molecule has 2 aliphatic heterocycles. The summed E-state index contributed by atoms with van der Waals surface area (Å²) in [4.78, 5) is 12.8. The predicted octanol–water partition coefficient (Wildman–Crippen LogP) is 4.82. The van der Waals surface area contributed by atoms with Crippen LogP contribution in [0.3, 0.4) is 0 Å². The molecule has 2 aliphatic rings. The maximum Gasteiger partial charge on any atom is 0.293 e. The van der Waals surface area contributed by atoms with Crippen LogP contribution in [-0.2, 0) is 34.0 Å². The minimum absolute atomic E-state index is 0.0486. The number of hydrogen-bond donors (Lipinski definition) is 1. The number of nitrogens with two attached hydrogens (primary N) is 1. The van der Waals surface area contributed by atoms with E-state index >= 15 is 4.39 Å². The Kier molecular flexibility index (Phi) is 7.20. The Morgan fingerprint density at radius 3 is 2.50 bits per heavy atom. The second kappa shape index (κ2) is 10.7. The second-order valence-electron chi connectivity index (χ2n) is 9.66. The lowest BCUT2D eigenvalue weighted by atomic mass is 9.76. The van der Waals surface area contributed by atoms with Crippen molar-refractivity contribution in [1.29, 1.82) is 0 Å². The third kappa shape index (κ3) is 5.08. The van der Waals surface area contributed by atoms with Crippen molar-refractivity contribution in [2.24, 2.45) is 11.1 Å². The number of anilines is 1. The van der Waals surface area contributed by atoms with Crippen LogP contribution in [0.1, 0.15) is 29.5 Å². The van der Waals surface area contributed by atoms with Crippen molar-refractivity contribution in [3.63, 3.8) is 0 Å². The average molecular weight is 491 g/mol. The predicted molar refractivity (Wildman–Crippen MR) is 136 cm³/mol. The SMILES string of the molecule is NCc1cccc(-c2cc(COc3ccccc3COC=O)c(F)c(N3CCC4(CC3)COC4)c2)c1. The summed E-state index contributed by atoms with van der Waals surface area (Å²) in [6.45, 7) is 4.18. The normalized spacial score (nSPS) is 16.4. The van der Waals surface area contributed by atoms with E-state index in [4.69, 9.17) is 19.9 Å². The quantitative estimate of drug-likeness (QED) is 0.434. The summed E-state index contributed by atoms with van der Waals surface area (Å²) in [6.07, 6.45) is 1.99. The van der Waals surface area contributed by atoms with Gasteiger partial charge in [0.1, 0.15) is 19.0 Å². The Balaban J connectivity index is 1.46. The number of ether oxygens (including phenoxy) is 3. The largest absolute Gasteiger partial charge is 0.488 e. The molecule has 5 rings (SSSR count). The number of nitrogens with zero attached hydrogens (tertiary/aromatic N) is 1. The summed E-state index contributed by atoms with van der Waals surface area (Å²) < 4.78 is 32.4. The first-order valence-corrected chi connectivity index (χ1v) is 12.3. The first-order chi connectivity index (χ1) is 17.6. The van der Waals surface area contributed by atoms with Crippen molar-refractivity contribution >= 4 is 12.2 Å². The van der Waals surface area contributed by atoms with E-state index in [1.807, 2.05) is 54.6 Å². The molecule has 2 fully saturated rings. The van der Waals surface area contributed by atoms with E-state index in [0.29, 0.717) is 30.0 Å². The number of piperidine rings is 1. The van der Waals surface area contributed by atoms with Crippen LogP contribution in [-0.4, -0.2) is 32.8 Å². The maximum atomic E-state index is 16.0. The molecule has 0 unspecified atom stereocenters. The number of benzene rings is 3. The molecular formula is C29H31FN2O4. The monoisotopic (exact) mass is 490 g/mol. The van der Waals surface area contributed by atoms with Gasteiger partial charge < -0.3 is 24.8 Å². The molecule has 2 saturated heterocycles. The Morgan fingerprint density at radius 2 is 1.78 bits per heavy atom. The molecular weight excluding hydrogens is 459 g/mol. The lowest BCUT2D eigenvalue weighted by molar-refractivity contribution is -0.129. The van der Waals surface area contributed by atoms with E-state index in [1.165, 1.54) is 0 Å². The Morgan fingerprint density at radius 1 is 0.972 bits per heavy atom. The molecule has 7 heteroatoms. The van der Waals surface area contributed by atoms with E-state index < -0.39 is 0 Å². The van der Waals surface area contributed by atoms with E-state index in [0.717, 1.165) is 61.4 Å². The smallest absolute Gasteiger partial charge is 0.293 e. The molecule has 36 heavy (non-hydrogen) atoms. The van der Waals surface area contributed by atoms with E-state index in [2.05, 4.69) is 4.90 Å². The third-order valence-corrected chi connectivity index (χ3v) is 7.27. The molecule has 0 radical (unpaired) electrons. The fraction of sp³-hybridized carbons (Fsp3) is 0.345. The number of para-hydroxylation sites is 1. The summed E-state index contributed by atoms with van der Waals surface area (Å²) in [7, 11) is 0. The van der Waals surface area contributed by atoms with Gasteiger partial charge in [0.05, 0.1) is 18.9 Å². The topological polar surface area (TPSA) is 74.0 Å². The van der Waals surface area contributed by atoms with Gasteiger partial charge in [-0.25, -0.2) is 4.39 Å². The van der Waals surface area contributed by atoms with E-state index in [9.17, 15) is 4.79 Å². The van der Waals surface area contributed by atoms with Gasteiger partial charge >= 0.3 is 0 Å². The van der Waals surface area contributed by atoms with Gasteiger partial charge in [0.25, 0.3) is 6.47 Å². The summed E-state index contributed by atoms with van der Waals surface area (Å²) >= 11 is 0. The number of halogens is 1. The molecule has 3 aromatic carbocycles. The van der Waals surface area contributed by atoms with Gasteiger partial charge in [-0.2, -0.15) is 0 Å². The lowest BCUT2D eigenvalue weighted by Gasteiger charge is -2.48. The van der Waals surface area contributed by atoms with Crippen LogP contribution in [0.15, 0.2) is 60.7 Å². The number of hydrogen-bond acceptors (Lipinski definition) is 6. The summed E-state index contributed by atoms with van der Waals surface area (Å²) in [5.74, 6) is 0.289. The van der Waals surface area contributed by atoms with Crippen molar-refractivity contribution in [3.8, 4) is 16.9 Å². The van der Waals surface area contributed by atoms with Crippen molar-refractivity contribution in [3.05, 3.63) is 83.2 Å². The summed E-state index contributed by atoms with van der Waals surface area (Å²) in [5, 5.41) is 0. The minimum atomic E-state index is -0.267. The van der Waals surface area contributed by atoms with Gasteiger partial charge in [-0.3, -0.25) is 4.79 Å². The van der Waals surface area contributed by atoms with Crippen molar-refractivity contribution in [1.82, 2.24) is 0 Å². The van der Waals surface area contributed by atoms with Crippen molar-refractivity contribution in [2.45, 2.75) is 32.6 Å². The van der Waals surface area contributed by atoms with Crippen LogP contribution < -0.4 is 15.4 Å². The molecule has 6 nitrogen and oxygen atoms in total. The zero-order valence-electron chi connectivity index (χ0n) is 20.3. The zero-order valence-corrected chi connectivity index (χ0v) is 20.3. The molecule has 0 amide bonds. The van der Waals surface area contributed by atoms with Crippen LogP contribution in [0, 0.1) is 11.2 Å². The van der Waals surface area contributed by atoms with Crippen LogP contribution in [0.5, 0.6) is 5.75 Å². The standard InChI is InChI=1S/C29H31FN2O4/c30-28-25(17-36-27-7-2-1-5-23(27)16-34-20-33)13-24(22-6-3-4-21(12-22)15-31)14-26(28)32-10-8-29(9-11-32)18-35-19-29/h1-7,12-14,20H,8-11,15-19,31H2. The maximum absolute atomic E-state index is 16.0. The first kappa shape index (κ1) is 24.3. The highest BCUT2D eigenvalue weighted by atomic mass is 19.1. The highest BCUT2D eigenvalue weighted by molar-refractivity contribution is 5.71. The van der Waals surface area contributed by atoms with Gasteiger partial charge in [-0.1, -0.05) is 36.4 Å². The van der Waals surface area contributed by atoms with Gasteiger partial charge in [0.2, 0.25) is 0 Å². The molecule has 3 aromatic rings. The molecule has 0 aliphatic carbocycles. The Bertz CT molecular complexity index is 1220. The van der Waals surface area contributed by atoms with Crippen LogP contribution in [0.2, 0.25) is 0 Å². The fourth-order valence-electron chi connectivity index (χ4n) is 4.99. The van der Waals surface area contributed by atoms with Crippen LogP contribution >= 0.6 is 0 Å². The molecule has 2 N–H and O–H groups in total. The number of carbonyl (C=O) groups excluding carboxylic acids is 1. The van der Waals surface area contributed by atoms with Gasteiger partial charge in [-0.05, 0) is 53.8 Å². The van der Waals surface area contributed by atoms with Gasteiger partial charge in [-0.15, -0.1) is 0 Å². The molecule has 1 spiro atoms. The van der Waals surface area contributed by atoms with Crippen LogP contribution in [0.25, 0.3) is 11.1 Å². The number of rotatable bonds is 9. The van der Waals surface area contributed by atoms with Gasteiger partial charge in [0.15, 0.2) is 5.82 Å². The molecule has 188 valence electrons. The van der Waals surface area contributed by atoms with Crippen LogP contribution in [0.4, 0.5) is 10.1 Å². The first-order valence-electron chi connectivity index (χ1n) is 12.3.